The van der Waals surface area contributed by atoms with Gasteiger partial charge in [-0.25, -0.2) is 8.42 Å². The highest BCUT2D eigenvalue weighted by Crippen LogP contribution is 2.26. The minimum Gasteiger partial charge on any atom is -0.480 e. The highest BCUT2D eigenvalue weighted by molar-refractivity contribution is 7.90. The molecule has 0 atom stereocenters. The Labute approximate surface area is 152 Å². The first kappa shape index (κ1) is 18.6. The van der Waals surface area contributed by atoms with Gasteiger partial charge in [-0.1, -0.05) is 6.92 Å². The highest BCUT2D eigenvalue weighted by atomic mass is 32.2. The molecule has 0 aromatic rings. The maximum atomic E-state index is 12.6. The number of hydrogen-bond acceptors (Lipinski definition) is 6. The van der Waals surface area contributed by atoms with Crippen LogP contribution in [0.15, 0.2) is 28.3 Å². The van der Waals surface area contributed by atoms with Crippen LogP contribution < -0.4 is 5.32 Å². The van der Waals surface area contributed by atoms with Crippen LogP contribution in [0.3, 0.4) is 0 Å². The first-order valence-electron chi connectivity index (χ1n) is 8.54. The van der Waals surface area contributed by atoms with Gasteiger partial charge in [0.15, 0.2) is 5.84 Å². The quantitative estimate of drug-likeness (QED) is 0.638. The number of carboxylic acids is 1. The minimum absolute atomic E-state index is 0.0125. The predicted octanol–water partition coefficient (Wildman–Crippen LogP) is -0.462. The van der Waals surface area contributed by atoms with Gasteiger partial charge in [0, 0.05) is 24.8 Å². The third-order valence-corrected chi connectivity index (χ3v) is 5.96. The number of allylic oxidation sites excluding steroid dienone is 2. The van der Waals surface area contributed by atoms with Gasteiger partial charge in [-0.2, -0.15) is 0 Å². The van der Waals surface area contributed by atoms with Gasteiger partial charge in [-0.05, 0) is 31.5 Å². The van der Waals surface area contributed by atoms with Crippen molar-refractivity contribution < 1.29 is 23.1 Å². The molecule has 0 aromatic carbocycles. The third-order valence-electron chi connectivity index (χ3n) is 4.81. The van der Waals surface area contributed by atoms with Crippen LogP contribution in [0.1, 0.15) is 19.8 Å². The number of carbonyl (C=O) groups is 2. The second kappa shape index (κ2) is 7.20. The van der Waals surface area contributed by atoms with E-state index >= 15 is 0 Å². The summed E-state index contributed by atoms with van der Waals surface area (Å²) in [6.07, 6.45) is 6.30. The summed E-state index contributed by atoms with van der Waals surface area (Å²) in [5.41, 5.74) is 0.233. The number of likely N-dealkylation sites (N-methyl/N-ethyl adjacent to an activating group) is 1. The number of nitrogens with zero attached hydrogens (tertiary/aromatic N) is 3. The van der Waals surface area contributed by atoms with E-state index in [1.54, 1.807) is 23.3 Å². The fourth-order valence-electron chi connectivity index (χ4n) is 3.33. The number of amidine groups is 1. The van der Waals surface area contributed by atoms with E-state index in [4.69, 9.17) is 5.11 Å². The fraction of sp³-hybridized carbons (Fsp3) is 0.562. The average molecular weight is 382 g/mol. The van der Waals surface area contributed by atoms with Gasteiger partial charge in [-0.3, -0.25) is 14.5 Å². The lowest BCUT2D eigenvalue weighted by Gasteiger charge is -2.42. The number of nitrogens with one attached hydrogen (secondary N) is 1. The van der Waals surface area contributed by atoms with E-state index in [0.29, 0.717) is 19.4 Å². The molecule has 2 aliphatic heterocycles. The van der Waals surface area contributed by atoms with E-state index in [0.717, 1.165) is 0 Å². The summed E-state index contributed by atoms with van der Waals surface area (Å²) in [5.74, 6) is -1.14. The molecule has 1 amide bonds. The maximum Gasteiger partial charge on any atom is 0.317 e. The molecule has 2 heterocycles. The van der Waals surface area contributed by atoms with Crippen LogP contribution in [0.4, 0.5) is 0 Å². The molecule has 0 saturated heterocycles. The van der Waals surface area contributed by atoms with Gasteiger partial charge < -0.3 is 15.3 Å². The van der Waals surface area contributed by atoms with E-state index in [1.165, 1.54) is 0 Å². The molecule has 2 N–H and O–H groups in total. The number of hydrogen-bond donors (Lipinski definition) is 2. The Morgan fingerprint density at radius 2 is 2.15 bits per heavy atom. The Bertz CT molecular complexity index is 795. The second-order valence-corrected chi connectivity index (χ2v) is 8.32. The van der Waals surface area contributed by atoms with E-state index in [1.807, 2.05) is 11.8 Å². The van der Waals surface area contributed by atoms with Crippen molar-refractivity contribution in [3.05, 3.63) is 23.9 Å². The molecule has 1 fully saturated rings. The van der Waals surface area contributed by atoms with E-state index in [9.17, 15) is 18.0 Å². The van der Waals surface area contributed by atoms with E-state index in [-0.39, 0.29) is 48.2 Å². The zero-order valence-corrected chi connectivity index (χ0v) is 15.3. The smallest absolute Gasteiger partial charge is 0.317 e. The molecule has 26 heavy (non-hydrogen) atoms. The zero-order valence-electron chi connectivity index (χ0n) is 14.5. The number of amides is 1. The normalized spacial score (nSPS) is 26.5. The molecule has 0 spiro atoms. The van der Waals surface area contributed by atoms with Crippen LogP contribution >= 0.6 is 0 Å². The first-order valence-corrected chi connectivity index (χ1v) is 10.1. The van der Waals surface area contributed by atoms with Gasteiger partial charge >= 0.3 is 5.97 Å². The topological polar surface area (TPSA) is 119 Å². The summed E-state index contributed by atoms with van der Waals surface area (Å²) in [6.45, 7) is 2.80. The molecule has 0 aromatic heterocycles. The van der Waals surface area contributed by atoms with Gasteiger partial charge in [0.2, 0.25) is 0 Å². The maximum absolute atomic E-state index is 12.6. The molecular weight excluding hydrogens is 360 g/mol. The number of sulfonamides is 1. The van der Waals surface area contributed by atoms with E-state index in [2.05, 4.69) is 9.71 Å². The lowest BCUT2D eigenvalue weighted by atomic mass is 9.85. The second-order valence-electron chi connectivity index (χ2n) is 6.57. The summed E-state index contributed by atoms with van der Waals surface area (Å²) in [6, 6.07) is 0.0712. The van der Waals surface area contributed by atoms with Crippen LogP contribution in [0.25, 0.3) is 0 Å². The van der Waals surface area contributed by atoms with Gasteiger partial charge in [0.25, 0.3) is 15.9 Å². The lowest BCUT2D eigenvalue weighted by molar-refractivity contribution is -0.139. The summed E-state index contributed by atoms with van der Waals surface area (Å²) in [7, 11) is -3.55. The molecule has 3 rings (SSSR count). The Hall–Kier alpha value is -2.20. The minimum atomic E-state index is -3.55. The van der Waals surface area contributed by atoms with Crippen LogP contribution in [-0.4, -0.2) is 78.5 Å². The zero-order chi connectivity index (χ0) is 18.9. The van der Waals surface area contributed by atoms with Gasteiger partial charge in [0.1, 0.15) is 0 Å². The average Bonchev–Trinajstić information content (AvgIpc) is 2.54. The van der Waals surface area contributed by atoms with Crippen molar-refractivity contribution in [3.8, 4) is 0 Å². The molecular formula is C16H22N4O5S. The van der Waals surface area contributed by atoms with Crippen LogP contribution in [-0.2, 0) is 19.6 Å². The number of carbonyl (C=O) groups excluding carboxylic acids is 1. The van der Waals surface area contributed by atoms with Crippen molar-refractivity contribution in [2.24, 2.45) is 4.40 Å². The molecule has 3 aliphatic rings. The highest BCUT2D eigenvalue weighted by Gasteiger charge is 2.36. The third kappa shape index (κ3) is 3.96. The standard InChI is InChI=1S/C16H22N4O5S/c1-2-19(10-14(21)22)12-8-11(9-12)17-16(23)13-4-3-5-20-6-7-26(24,25)18-15(13)20/h3-5,11-12H,2,6-10H2,1H3,(H,17,23)(H,21,22). The lowest BCUT2D eigenvalue weighted by Crippen LogP contribution is -2.55. The Kier molecular flexibility index (Phi) is 5.15. The van der Waals surface area contributed by atoms with Crippen molar-refractivity contribution >= 4 is 27.7 Å². The summed E-state index contributed by atoms with van der Waals surface area (Å²) in [4.78, 5) is 27.0. The summed E-state index contributed by atoms with van der Waals surface area (Å²) in [5, 5.41) is 11.8. The van der Waals surface area contributed by atoms with Crippen molar-refractivity contribution in [2.75, 3.05) is 25.4 Å². The largest absolute Gasteiger partial charge is 0.480 e. The summed E-state index contributed by atoms with van der Waals surface area (Å²) < 4.78 is 27.2. The fourth-order valence-corrected chi connectivity index (χ4v) is 4.32. The predicted molar refractivity (Wildman–Crippen MR) is 95.0 cm³/mol. The van der Waals surface area contributed by atoms with Gasteiger partial charge in [0.05, 0.1) is 17.9 Å². The first-order chi connectivity index (χ1) is 12.3. The molecule has 10 heteroatoms. The monoisotopic (exact) mass is 382 g/mol. The Morgan fingerprint density at radius 3 is 2.81 bits per heavy atom. The molecule has 0 unspecified atom stereocenters. The number of fused-ring (bicyclic) bond motifs is 1. The van der Waals surface area contributed by atoms with E-state index < -0.39 is 16.0 Å². The molecule has 1 saturated carbocycles. The SMILES string of the molecule is CCN(CC(=O)O)C1CC(NC(=O)C2=CC=CN3CCS(=O)(=O)N=C23)C1. The molecule has 0 radical (unpaired) electrons. The van der Waals surface area contributed by atoms with Crippen LogP contribution in [0.2, 0.25) is 0 Å². The van der Waals surface area contributed by atoms with Crippen LogP contribution in [0.5, 0.6) is 0 Å². The number of rotatable bonds is 6. The molecule has 0 bridgehead atoms. The molecule has 1 aliphatic carbocycles. The van der Waals surface area contributed by atoms with Crippen molar-refractivity contribution in [3.63, 3.8) is 0 Å². The molecule has 142 valence electrons. The number of aliphatic carboxylic acids is 1. The van der Waals surface area contributed by atoms with Crippen molar-refractivity contribution in [2.45, 2.75) is 31.8 Å². The number of carboxylic acid groups (broad SMARTS) is 1. The van der Waals surface area contributed by atoms with Gasteiger partial charge in [-0.15, -0.1) is 4.40 Å². The summed E-state index contributed by atoms with van der Waals surface area (Å²) >= 11 is 0. The van der Waals surface area contributed by atoms with Crippen LogP contribution in [0, 0.1) is 0 Å². The van der Waals surface area contributed by atoms with Crippen molar-refractivity contribution in [1.29, 1.82) is 0 Å². The van der Waals surface area contributed by atoms with Crippen molar-refractivity contribution in [1.82, 2.24) is 15.1 Å². The Morgan fingerprint density at radius 1 is 1.42 bits per heavy atom. The Balaban J connectivity index is 1.61. The molecule has 9 nitrogen and oxygen atoms in total.